The van der Waals surface area contributed by atoms with Gasteiger partial charge in [-0.3, -0.25) is 9.88 Å². The zero-order valence-corrected chi connectivity index (χ0v) is 15.8. The van der Waals surface area contributed by atoms with Crippen LogP contribution in [-0.2, 0) is 17.9 Å². The van der Waals surface area contributed by atoms with Crippen LogP contribution in [0.15, 0.2) is 41.9 Å². The molecule has 0 radical (unpaired) electrons. The lowest BCUT2D eigenvalue weighted by atomic mass is 9.77. The first-order valence-electron chi connectivity index (χ1n) is 9.14. The zero-order valence-electron chi connectivity index (χ0n) is 14.9. The molecule has 0 N–H and O–H groups in total. The van der Waals surface area contributed by atoms with E-state index in [-0.39, 0.29) is 0 Å². The van der Waals surface area contributed by atoms with Gasteiger partial charge in [-0.2, -0.15) is 0 Å². The van der Waals surface area contributed by atoms with Gasteiger partial charge in [-0.1, -0.05) is 12.1 Å². The van der Waals surface area contributed by atoms with Crippen molar-refractivity contribution in [2.45, 2.75) is 19.6 Å². The van der Waals surface area contributed by atoms with Gasteiger partial charge in [0.2, 0.25) is 0 Å². The molecule has 2 aromatic rings. The molecular formula is C20H27N3OS. The summed E-state index contributed by atoms with van der Waals surface area (Å²) >= 11 is 1.87. The van der Waals surface area contributed by atoms with Crippen molar-refractivity contribution in [3.63, 3.8) is 0 Å². The lowest BCUT2D eigenvalue weighted by molar-refractivity contribution is 0.0501. The van der Waals surface area contributed by atoms with Crippen LogP contribution in [0.25, 0.3) is 0 Å². The molecule has 4 rings (SSSR count). The molecule has 2 aliphatic heterocycles. The molecule has 2 aromatic heterocycles. The Morgan fingerprint density at radius 3 is 3.04 bits per heavy atom. The SMILES string of the molecule is CN1C[C@@H](COCc2ccccn2)[C@]2(CCN(Cc3cccs3)C2)C1. The molecule has 4 nitrogen and oxygen atoms in total. The van der Waals surface area contributed by atoms with Crippen molar-refractivity contribution in [3.8, 4) is 0 Å². The first-order chi connectivity index (χ1) is 12.2. The maximum Gasteiger partial charge on any atom is 0.0887 e. The number of likely N-dealkylation sites (tertiary alicyclic amines) is 2. The quantitative estimate of drug-likeness (QED) is 0.794. The molecule has 0 aromatic carbocycles. The first kappa shape index (κ1) is 17.2. The Bertz CT molecular complexity index is 663. The monoisotopic (exact) mass is 357 g/mol. The summed E-state index contributed by atoms with van der Waals surface area (Å²) in [5.74, 6) is 0.620. The number of ether oxygens (including phenoxy) is 1. The van der Waals surface area contributed by atoms with E-state index in [9.17, 15) is 0 Å². The number of hydrogen-bond donors (Lipinski definition) is 0. The molecular weight excluding hydrogens is 330 g/mol. The van der Waals surface area contributed by atoms with Gasteiger partial charge in [0.1, 0.15) is 0 Å². The molecule has 2 aliphatic rings. The van der Waals surface area contributed by atoms with E-state index in [1.165, 1.54) is 30.9 Å². The molecule has 2 fully saturated rings. The Morgan fingerprint density at radius 1 is 1.28 bits per heavy atom. The zero-order chi connectivity index (χ0) is 17.1. The molecule has 1 spiro atoms. The van der Waals surface area contributed by atoms with Gasteiger partial charge in [0.25, 0.3) is 0 Å². The predicted octanol–water partition coefficient (Wildman–Crippen LogP) is 3.11. The third kappa shape index (κ3) is 3.95. The van der Waals surface area contributed by atoms with E-state index in [1.807, 2.05) is 35.7 Å². The van der Waals surface area contributed by atoms with Gasteiger partial charge in [-0.15, -0.1) is 11.3 Å². The van der Waals surface area contributed by atoms with Crippen LogP contribution in [0, 0.1) is 11.3 Å². The number of thiophene rings is 1. The van der Waals surface area contributed by atoms with E-state index in [0.717, 1.165) is 25.4 Å². The van der Waals surface area contributed by atoms with Gasteiger partial charge in [-0.05, 0) is 43.6 Å². The average molecular weight is 358 g/mol. The topological polar surface area (TPSA) is 28.6 Å². The Hall–Kier alpha value is -1.27. The summed E-state index contributed by atoms with van der Waals surface area (Å²) in [7, 11) is 2.25. The van der Waals surface area contributed by atoms with E-state index in [4.69, 9.17) is 4.74 Å². The van der Waals surface area contributed by atoms with Crippen LogP contribution in [0.4, 0.5) is 0 Å². The Balaban J connectivity index is 1.34. The summed E-state index contributed by atoms with van der Waals surface area (Å²) in [5.41, 5.74) is 1.42. The highest BCUT2D eigenvalue weighted by atomic mass is 32.1. The largest absolute Gasteiger partial charge is 0.375 e. The van der Waals surface area contributed by atoms with Crippen LogP contribution in [-0.4, -0.2) is 54.6 Å². The second-order valence-corrected chi connectivity index (χ2v) is 8.66. The van der Waals surface area contributed by atoms with E-state index >= 15 is 0 Å². The Labute approximate surface area is 154 Å². The minimum Gasteiger partial charge on any atom is -0.375 e. The molecule has 25 heavy (non-hydrogen) atoms. The second kappa shape index (κ2) is 7.54. The summed E-state index contributed by atoms with van der Waals surface area (Å²) in [6.07, 6.45) is 3.13. The van der Waals surface area contributed by atoms with Crippen molar-refractivity contribution in [2.75, 3.05) is 39.8 Å². The van der Waals surface area contributed by atoms with E-state index in [2.05, 4.69) is 39.3 Å². The van der Waals surface area contributed by atoms with Crippen molar-refractivity contribution in [2.24, 2.45) is 11.3 Å². The second-order valence-electron chi connectivity index (χ2n) is 7.63. The predicted molar refractivity (Wildman–Crippen MR) is 102 cm³/mol. The standard InChI is InChI=1S/C20H27N3OS/c1-22-11-17(13-24-14-18-5-2-3-8-21-18)20(15-22)7-9-23(16-20)12-19-6-4-10-25-19/h2-6,8,10,17H,7,9,11-16H2,1H3/t17-,20+/m0/s1. The van der Waals surface area contributed by atoms with Crippen LogP contribution in [0.1, 0.15) is 17.0 Å². The lowest BCUT2D eigenvalue weighted by Crippen LogP contribution is -2.36. The molecule has 0 aliphatic carbocycles. The van der Waals surface area contributed by atoms with E-state index in [1.54, 1.807) is 0 Å². The number of pyridine rings is 1. The van der Waals surface area contributed by atoms with Crippen LogP contribution >= 0.6 is 11.3 Å². The minimum absolute atomic E-state index is 0.399. The fraction of sp³-hybridized carbons (Fsp3) is 0.550. The summed E-state index contributed by atoms with van der Waals surface area (Å²) in [4.78, 5) is 11.0. The highest BCUT2D eigenvalue weighted by Gasteiger charge is 2.49. The fourth-order valence-electron chi connectivity index (χ4n) is 4.52. The number of hydrogen-bond acceptors (Lipinski definition) is 5. The molecule has 5 heteroatoms. The molecule has 134 valence electrons. The molecule has 0 amide bonds. The summed E-state index contributed by atoms with van der Waals surface area (Å²) in [6, 6.07) is 10.4. The van der Waals surface area contributed by atoms with Crippen molar-refractivity contribution >= 4 is 11.3 Å². The van der Waals surface area contributed by atoms with Gasteiger partial charge < -0.3 is 9.64 Å². The normalized spacial score (nSPS) is 27.5. The van der Waals surface area contributed by atoms with Gasteiger partial charge in [0.15, 0.2) is 0 Å². The third-order valence-electron chi connectivity index (χ3n) is 5.70. The number of aromatic nitrogens is 1. The number of nitrogens with zero attached hydrogens (tertiary/aromatic N) is 3. The summed E-state index contributed by atoms with van der Waals surface area (Å²) in [5, 5.41) is 2.18. The first-order valence-corrected chi connectivity index (χ1v) is 10.0. The van der Waals surface area contributed by atoms with Crippen molar-refractivity contribution in [1.82, 2.24) is 14.8 Å². The molecule has 2 saturated heterocycles. The van der Waals surface area contributed by atoms with Crippen molar-refractivity contribution in [3.05, 3.63) is 52.5 Å². The lowest BCUT2D eigenvalue weighted by Gasteiger charge is -2.30. The number of rotatable bonds is 6. The fourth-order valence-corrected chi connectivity index (χ4v) is 5.27. The van der Waals surface area contributed by atoms with Gasteiger partial charge in [0.05, 0.1) is 18.9 Å². The van der Waals surface area contributed by atoms with E-state index in [0.29, 0.717) is 17.9 Å². The molecule has 0 unspecified atom stereocenters. The Kier molecular flexibility index (Phi) is 5.17. The average Bonchev–Trinajstić information content (AvgIpc) is 3.32. The third-order valence-corrected chi connectivity index (χ3v) is 6.56. The van der Waals surface area contributed by atoms with Crippen molar-refractivity contribution in [1.29, 1.82) is 0 Å². The van der Waals surface area contributed by atoms with Crippen LogP contribution in [0.2, 0.25) is 0 Å². The highest BCUT2D eigenvalue weighted by Crippen LogP contribution is 2.44. The van der Waals surface area contributed by atoms with Gasteiger partial charge in [0, 0.05) is 48.6 Å². The Morgan fingerprint density at radius 2 is 2.24 bits per heavy atom. The molecule has 4 heterocycles. The summed E-state index contributed by atoms with van der Waals surface area (Å²) < 4.78 is 6.07. The molecule has 0 saturated carbocycles. The minimum atomic E-state index is 0.399. The van der Waals surface area contributed by atoms with Crippen molar-refractivity contribution < 1.29 is 4.74 Å². The molecule has 2 atom stereocenters. The maximum atomic E-state index is 6.07. The van der Waals surface area contributed by atoms with Crippen LogP contribution < -0.4 is 0 Å². The maximum absolute atomic E-state index is 6.07. The smallest absolute Gasteiger partial charge is 0.0887 e. The van der Waals surface area contributed by atoms with E-state index < -0.39 is 0 Å². The van der Waals surface area contributed by atoms with Crippen LogP contribution in [0.3, 0.4) is 0 Å². The van der Waals surface area contributed by atoms with Gasteiger partial charge in [-0.25, -0.2) is 0 Å². The van der Waals surface area contributed by atoms with Gasteiger partial charge >= 0.3 is 0 Å². The highest BCUT2D eigenvalue weighted by molar-refractivity contribution is 7.09. The summed E-state index contributed by atoms with van der Waals surface area (Å²) in [6.45, 7) is 7.32. The molecule has 0 bridgehead atoms. The van der Waals surface area contributed by atoms with Crippen LogP contribution in [0.5, 0.6) is 0 Å².